The van der Waals surface area contributed by atoms with E-state index in [0.29, 0.717) is 31.5 Å². The Morgan fingerprint density at radius 1 is 1.23 bits per heavy atom. The van der Waals surface area contributed by atoms with E-state index in [2.05, 4.69) is 0 Å². The summed E-state index contributed by atoms with van der Waals surface area (Å²) in [5, 5.41) is 1.28. The van der Waals surface area contributed by atoms with Crippen LogP contribution >= 0.6 is 23.1 Å². The topological polar surface area (TPSA) is 73.7 Å². The van der Waals surface area contributed by atoms with Crippen LogP contribution in [-0.2, 0) is 22.4 Å². The fraction of sp³-hybridized carbons (Fsp3) is 0.409. The molecule has 1 aliphatic heterocycles. The molecule has 1 aliphatic carbocycles. The molecule has 3 heterocycles. The Labute approximate surface area is 188 Å². The van der Waals surface area contributed by atoms with Gasteiger partial charge in [-0.2, -0.15) is 0 Å². The minimum Gasteiger partial charge on any atom is -0.497 e. The van der Waals surface area contributed by atoms with Crippen LogP contribution in [-0.4, -0.2) is 59.5 Å². The first kappa shape index (κ1) is 20.5. The molecular formula is C22H23N3O4S2. The number of hydrogen-bond acceptors (Lipinski definition) is 7. The average molecular weight is 458 g/mol. The van der Waals surface area contributed by atoms with Crippen LogP contribution in [0.15, 0.2) is 34.2 Å². The SMILES string of the molecule is COc1ccc(-n2c(SCC(=O)N3CCOCC3)nc3sc4c(c3c2=O)CCC4)cc1. The Hall–Kier alpha value is -2.36. The number of carbonyl (C=O) groups is 1. The minimum absolute atomic E-state index is 0.0394. The first-order valence-corrected chi connectivity index (χ1v) is 12.2. The van der Waals surface area contributed by atoms with E-state index in [0.717, 1.165) is 46.5 Å². The molecule has 1 saturated heterocycles. The summed E-state index contributed by atoms with van der Waals surface area (Å²) in [5.41, 5.74) is 1.82. The van der Waals surface area contributed by atoms with Crippen LogP contribution in [0.25, 0.3) is 15.9 Å². The van der Waals surface area contributed by atoms with Gasteiger partial charge in [0.1, 0.15) is 10.6 Å². The smallest absolute Gasteiger partial charge is 0.267 e. The number of fused-ring (bicyclic) bond motifs is 3. The lowest BCUT2D eigenvalue weighted by Crippen LogP contribution is -2.41. The number of thiophene rings is 1. The fourth-order valence-electron chi connectivity index (χ4n) is 4.11. The molecule has 5 rings (SSSR count). The molecule has 0 radical (unpaired) electrons. The van der Waals surface area contributed by atoms with Crippen molar-refractivity contribution in [2.75, 3.05) is 39.2 Å². The van der Waals surface area contributed by atoms with Crippen molar-refractivity contribution in [3.8, 4) is 11.4 Å². The Bertz CT molecular complexity index is 1180. The second-order valence-corrected chi connectivity index (χ2v) is 9.58. The molecular weight excluding hydrogens is 434 g/mol. The second kappa shape index (κ2) is 8.64. The zero-order chi connectivity index (χ0) is 21.4. The summed E-state index contributed by atoms with van der Waals surface area (Å²) in [6.45, 7) is 2.35. The van der Waals surface area contributed by atoms with Crippen LogP contribution in [0.5, 0.6) is 5.75 Å². The maximum Gasteiger partial charge on any atom is 0.267 e. The van der Waals surface area contributed by atoms with Gasteiger partial charge in [-0.25, -0.2) is 4.98 Å². The number of morpholine rings is 1. The lowest BCUT2D eigenvalue weighted by molar-refractivity contribution is -0.132. The van der Waals surface area contributed by atoms with Crippen molar-refractivity contribution >= 4 is 39.2 Å². The highest BCUT2D eigenvalue weighted by atomic mass is 32.2. The largest absolute Gasteiger partial charge is 0.497 e. The Morgan fingerprint density at radius 3 is 2.74 bits per heavy atom. The molecule has 7 nitrogen and oxygen atoms in total. The fourth-order valence-corrected chi connectivity index (χ4v) is 6.33. The van der Waals surface area contributed by atoms with Crippen LogP contribution in [0.4, 0.5) is 0 Å². The van der Waals surface area contributed by atoms with Gasteiger partial charge in [0.05, 0.1) is 37.2 Å². The standard InChI is InChI=1S/C22H23N3O4S2/c1-28-15-7-5-14(6-8-15)25-21(27)19-16-3-2-4-17(16)31-20(19)23-22(25)30-13-18(26)24-9-11-29-12-10-24/h5-8H,2-4,9-13H2,1H3. The zero-order valence-electron chi connectivity index (χ0n) is 17.3. The van der Waals surface area contributed by atoms with E-state index in [9.17, 15) is 9.59 Å². The van der Waals surface area contributed by atoms with Gasteiger partial charge in [-0.3, -0.25) is 14.2 Å². The molecule has 2 aliphatic rings. The first-order chi connectivity index (χ1) is 15.2. The number of methoxy groups -OCH3 is 1. The van der Waals surface area contributed by atoms with Gasteiger partial charge in [-0.1, -0.05) is 11.8 Å². The maximum atomic E-state index is 13.6. The van der Waals surface area contributed by atoms with E-state index in [1.54, 1.807) is 23.0 Å². The molecule has 3 aromatic rings. The summed E-state index contributed by atoms with van der Waals surface area (Å²) in [4.78, 5) is 35.0. The third kappa shape index (κ3) is 3.86. The van der Waals surface area contributed by atoms with Crippen LogP contribution in [0.2, 0.25) is 0 Å². The highest BCUT2D eigenvalue weighted by Crippen LogP contribution is 2.36. The van der Waals surface area contributed by atoms with E-state index in [1.807, 2.05) is 29.2 Å². The van der Waals surface area contributed by atoms with Gasteiger partial charge < -0.3 is 14.4 Å². The van der Waals surface area contributed by atoms with Gasteiger partial charge in [-0.05, 0) is 49.1 Å². The van der Waals surface area contributed by atoms with E-state index in [-0.39, 0.29) is 17.2 Å². The number of ether oxygens (including phenoxy) is 2. The summed E-state index contributed by atoms with van der Waals surface area (Å²) in [6, 6.07) is 7.37. The average Bonchev–Trinajstić information content (AvgIpc) is 3.39. The third-order valence-electron chi connectivity index (χ3n) is 5.73. The Balaban J connectivity index is 1.55. The van der Waals surface area contributed by atoms with Gasteiger partial charge >= 0.3 is 0 Å². The Kier molecular flexibility index (Phi) is 5.73. The molecule has 0 atom stereocenters. The number of rotatable bonds is 5. The molecule has 0 saturated carbocycles. The highest BCUT2D eigenvalue weighted by Gasteiger charge is 2.25. The van der Waals surface area contributed by atoms with E-state index < -0.39 is 0 Å². The molecule has 2 aromatic heterocycles. The Morgan fingerprint density at radius 2 is 2.00 bits per heavy atom. The predicted molar refractivity (Wildman–Crippen MR) is 122 cm³/mol. The molecule has 0 N–H and O–H groups in total. The van der Waals surface area contributed by atoms with Crippen molar-refractivity contribution < 1.29 is 14.3 Å². The van der Waals surface area contributed by atoms with Gasteiger partial charge in [0, 0.05) is 18.0 Å². The molecule has 0 unspecified atom stereocenters. The molecule has 31 heavy (non-hydrogen) atoms. The number of aryl methyl sites for hydroxylation is 2. The normalized spacial score (nSPS) is 16.0. The van der Waals surface area contributed by atoms with Gasteiger partial charge in [0.15, 0.2) is 5.16 Å². The molecule has 162 valence electrons. The number of hydrogen-bond donors (Lipinski definition) is 0. The van der Waals surface area contributed by atoms with Gasteiger partial charge in [0.25, 0.3) is 5.56 Å². The van der Waals surface area contributed by atoms with Crippen molar-refractivity contribution in [2.24, 2.45) is 0 Å². The molecule has 0 spiro atoms. The minimum atomic E-state index is -0.0594. The van der Waals surface area contributed by atoms with E-state index in [4.69, 9.17) is 14.5 Å². The number of thioether (sulfide) groups is 1. The summed E-state index contributed by atoms with van der Waals surface area (Å²) in [5.74, 6) is 0.996. The van der Waals surface area contributed by atoms with Crippen LogP contribution in [0.3, 0.4) is 0 Å². The summed E-state index contributed by atoms with van der Waals surface area (Å²) >= 11 is 2.94. The summed E-state index contributed by atoms with van der Waals surface area (Å²) in [6.07, 6.45) is 3.02. The molecule has 0 bridgehead atoms. The van der Waals surface area contributed by atoms with E-state index in [1.165, 1.54) is 16.6 Å². The van der Waals surface area contributed by atoms with Crippen LogP contribution < -0.4 is 10.3 Å². The third-order valence-corrected chi connectivity index (χ3v) is 7.84. The monoisotopic (exact) mass is 457 g/mol. The maximum absolute atomic E-state index is 13.6. The second-order valence-electron chi connectivity index (χ2n) is 7.55. The lowest BCUT2D eigenvalue weighted by atomic mass is 10.2. The van der Waals surface area contributed by atoms with Gasteiger partial charge in [0.2, 0.25) is 5.91 Å². The van der Waals surface area contributed by atoms with Crippen LogP contribution in [0, 0.1) is 0 Å². The van der Waals surface area contributed by atoms with Gasteiger partial charge in [-0.15, -0.1) is 11.3 Å². The molecule has 1 aromatic carbocycles. The molecule has 1 fully saturated rings. The lowest BCUT2D eigenvalue weighted by Gasteiger charge is -2.26. The predicted octanol–water partition coefficient (Wildman–Crippen LogP) is 2.90. The number of aromatic nitrogens is 2. The quantitative estimate of drug-likeness (QED) is 0.433. The highest BCUT2D eigenvalue weighted by molar-refractivity contribution is 7.99. The van der Waals surface area contributed by atoms with Crippen molar-refractivity contribution in [3.05, 3.63) is 45.1 Å². The molecule has 9 heteroatoms. The molecule has 1 amide bonds. The van der Waals surface area contributed by atoms with Crippen molar-refractivity contribution in [1.29, 1.82) is 0 Å². The van der Waals surface area contributed by atoms with Crippen molar-refractivity contribution in [2.45, 2.75) is 24.4 Å². The first-order valence-electron chi connectivity index (χ1n) is 10.4. The van der Waals surface area contributed by atoms with Crippen LogP contribution in [0.1, 0.15) is 16.9 Å². The zero-order valence-corrected chi connectivity index (χ0v) is 18.9. The number of carbonyl (C=O) groups excluding carboxylic acids is 1. The van der Waals surface area contributed by atoms with Crippen molar-refractivity contribution in [1.82, 2.24) is 14.5 Å². The summed E-state index contributed by atoms with van der Waals surface area (Å²) in [7, 11) is 1.61. The number of benzene rings is 1. The summed E-state index contributed by atoms with van der Waals surface area (Å²) < 4.78 is 12.2. The number of amides is 1. The van der Waals surface area contributed by atoms with E-state index >= 15 is 0 Å². The number of nitrogens with zero attached hydrogens (tertiary/aromatic N) is 3. The van der Waals surface area contributed by atoms with Crippen molar-refractivity contribution in [3.63, 3.8) is 0 Å².